The summed E-state index contributed by atoms with van der Waals surface area (Å²) in [6.07, 6.45) is -0.317. The van der Waals surface area contributed by atoms with E-state index in [0.717, 1.165) is 0 Å². The van der Waals surface area contributed by atoms with Crippen molar-refractivity contribution in [3.63, 3.8) is 0 Å². The van der Waals surface area contributed by atoms with Gasteiger partial charge in [-0.25, -0.2) is 4.79 Å². The Bertz CT molecular complexity index is 439. The second-order valence-electron chi connectivity index (χ2n) is 7.31. The highest BCUT2D eigenvalue weighted by molar-refractivity contribution is 5.87. The van der Waals surface area contributed by atoms with Crippen molar-refractivity contribution in [2.45, 2.75) is 64.8 Å². The Morgan fingerprint density at radius 1 is 1.14 bits per heavy atom. The number of epoxide rings is 1. The molecule has 2 saturated heterocycles. The minimum absolute atomic E-state index is 0.0192. The summed E-state index contributed by atoms with van der Waals surface area (Å²) in [4.78, 5) is 28.2. The zero-order valence-corrected chi connectivity index (χ0v) is 13.8. The average Bonchev–Trinajstić information content (AvgIpc) is 3.08. The van der Waals surface area contributed by atoms with Crippen molar-refractivity contribution in [2.24, 2.45) is 0 Å². The first-order valence-corrected chi connectivity index (χ1v) is 7.48. The molecular weight excluding hydrogens is 272 g/mol. The van der Waals surface area contributed by atoms with Crippen LogP contribution >= 0.6 is 0 Å². The van der Waals surface area contributed by atoms with Crippen molar-refractivity contribution in [2.75, 3.05) is 19.7 Å². The molecule has 21 heavy (non-hydrogen) atoms. The highest BCUT2D eigenvalue weighted by Crippen LogP contribution is 2.31. The molecule has 2 amide bonds. The van der Waals surface area contributed by atoms with Crippen molar-refractivity contribution >= 4 is 12.0 Å². The van der Waals surface area contributed by atoms with Gasteiger partial charge < -0.3 is 19.3 Å². The van der Waals surface area contributed by atoms with Crippen LogP contribution in [-0.4, -0.2) is 64.8 Å². The predicted molar refractivity (Wildman–Crippen MR) is 77.9 cm³/mol. The van der Waals surface area contributed by atoms with Gasteiger partial charge in [0, 0.05) is 25.2 Å². The average molecular weight is 298 g/mol. The van der Waals surface area contributed by atoms with Gasteiger partial charge >= 0.3 is 6.09 Å². The van der Waals surface area contributed by atoms with E-state index in [9.17, 15) is 9.59 Å². The number of hydrogen-bond acceptors (Lipinski definition) is 4. The maximum absolute atomic E-state index is 12.4. The SMILES string of the molecule is C[C@@H]1CN(C(=O)OC(C)(C)C)[C@@H](C)CN1C(=O)C1(C)CO1. The number of rotatable bonds is 1. The first kappa shape index (κ1) is 16.1. The van der Waals surface area contributed by atoms with Crippen LogP contribution in [0.3, 0.4) is 0 Å². The molecule has 0 aliphatic carbocycles. The Balaban J connectivity index is 2.02. The Morgan fingerprint density at radius 3 is 2.10 bits per heavy atom. The van der Waals surface area contributed by atoms with Gasteiger partial charge in [-0.3, -0.25) is 4.79 Å². The topological polar surface area (TPSA) is 62.4 Å². The predicted octanol–water partition coefficient (Wildman–Crippen LogP) is 1.63. The number of amides is 2. The van der Waals surface area contributed by atoms with E-state index in [2.05, 4.69) is 0 Å². The molecule has 2 heterocycles. The smallest absolute Gasteiger partial charge is 0.410 e. The molecule has 6 heteroatoms. The quantitative estimate of drug-likeness (QED) is 0.690. The third kappa shape index (κ3) is 3.48. The molecule has 120 valence electrons. The minimum Gasteiger partial charge on any atom is -0.444 e. The molecular formula is C15H26N2O4. The van der Waals surface area contributed by atoms with Crippen LogP contribution in [0, 0.1) is 0 Å². The Kier molecular flexibility index (Phi) is 3.95. The van der Waals surface area contributed by atoms with Crippen molar-refractivity contribution in [3.8, 4) is 0 Å². The molecule has 0 spiro atoms. The number of hydrogen-bond donors (Lipinski definition) is 0. The van der Waals surface area contributed by atoms with E-state index in [4.69, 9.17) is 9.47 Å². The molecule has 3 atom stereocenters. The lowest BCUT2D eigenvalue weighted by Gasteiger charge is -2.44. The molecule has 2 fully saturated rings. The van der Waals surface area contributed by atoms with Gasteiger partial charge in [-0.05, 0) is 41.5 Å². The largest absolute Gasteiger partial charge is 0.444 e. The second-order valence-corrected chi connectivity index (χ2v) is 7.31. The van der Waals surface area contributed by atoms with E-state index in [1.54, 1.807) is 4.90 Å². The fourth-order valence-electron chi connectivity index (χ4n) is 2.52. The maximum atomic E-state index is 12.4. The fraction of sp³-hybridized carbons (Fsp3) is 0.867. The highest BCUT2D eigenvalue weighted by atomic mass is 16.6. The third-order valence-electron chi connectivity index (χ3n) is 3.90. The van der Waals surface area contributed by atoms with E-state index in [1.165, 1.54) is 0 Å². The standard InChI is InChI=1S/C15H26N2O4/c1-10-8-17(13(19)21-14(3,4)5)11(2)7-16(10)12(18)15(6)9-20-15/h10-11H,7-9H2,1-6H3/t10-,11+,15?/m1/s1. The number of ether oxygens (including phenoxy) is 2. The Hall–Kier alpha value is -1.30. The molecule has 6 nitrogen and oxygen atoms in total. The molecule has 0 bridgehead atoms. The minimum atomic E-state index is -0.651. The van der Waals surface area contributed by atoms with Crippen LogP contribution in [0.25, 0.3) is 0 Å². The molecule has 0 aromatic rings. The van der Waals surface area contributed by atoms with E-state index < -0.39 is 11.2 Å². The fourth-order valence-corrected chi connectivity index (χ4v) is 2.52. The van der Waals surface area contributed by atoms with Crippen LogP contribution in [0.15, 0.2) is 0 Å². The maximum Gasteiger partial charge on any atom is 0.410 e. The summed E-state index contributed by atoms with van der Waals surface area (Å²) in [5.74, 6) is 0.0192. The van der Waals surface area contributed by atoms with Gasteiger partial charge in [-0.1, -0.05) is 0 Å². The summed E-state index contributed by atoms with van der Waals surface area (Å²) in [6.45, 7) is 12.7. The van der Waals surface area contributed by atoms with E-state index in [0.29, 0.717) is 19.7 Å². The van der Waals surface area contributed by atoms with Crippen LogP contribution < -0.4 is 0 Å². The van der Waals surface area contributed by atoms with Gasteiger partial charge in [0.1, 0.15) is 5.60 Å². The lowest BCUT2D eigenvalue weighted by Crippen LogP contribution is -2.61. The van der Waals surface area contributed by atoms with E-state index >= 15 is 0 Å². The summed E-state index contributed by atoms with van der Waals surface area (Å²) in [5, 5.41) is 0. The monoisotopic (exact) mass is 298 g/mol. The normalized spacial score (nSPS) is 32.9. The number of piperazine rings is 1. The van der Waals surface area contributed by atoms with Crippen LogP contribution in [0.5, 0.6) is 0 Å². The van der Waals surface area contributed by atoms with Gasteiger partial charge in [0.15, 0.2) is 5.60 Å². The first-order chi connectivity index (χ1) is 9.53. The lowest BCUT2D eigenvalue weighted by atomic mass is 10.1. The number of carbonyl (C=O) groups excluding carboxylic acids is 2. The molecule has 0 aromatic carbocycles. The number of nitrogens with zero attached hydrogens (tertiary/aromatic N) is 2. The number of carbonyl (C=O) groups is 2. The highest BCUT2D eigenvalue weighted by Gasteiger charge is 2.51. The summed E-state index contributed by atoms with van der Waals surface area (Å²) >= 11 is 0. The summed E-state index contributed by atoms with van der Waals surface area (Å²) < 4.78 is 10.7. The summed E-state index contributed by atoms with van der Waals surface area (Å²) in [5.41, 5.74) is -1.16. The second kappa shape index (κ2) is 5.16. The molecule has 1 unspecified atom stereocenters. The first-order valence-electron chi connectivity index (χ1n) is 7.48. The van der Waals surface area contributed by atoms with Crippen molar-refractivity contribution in [1.82, 2.24) is 9.80 Å². The molecule has 0 saturated carbocycles. The summed E-state index contributed by atoms with van der Waals surface area (Å²) in [7, 11) is 0. The molecule has 2 aliphatic rings. The van der Waals surface area contributed by atoms with Crippen molar-refractivity contribution in [3.05, 3.63) is 0 Å². The molecule has 0 aromatic heterocycles. The Labute approximate surface area is 126 Å². The van der Waals surface area contributed by atoms with Crippen LogP contribution in [0.4, 0.5) is 4.79 Å². The zero-order chi connectivity index (χ0) is 16.0. The van der Waals surface area contributed by atoms with Crippen LogP contribution in [-0.2, 0) is 14.3 Å². The molecule has 2 aliphatic heterocycles. The summed E-state index contributed by atoms with van der Waals surface area (Å²) in [6, 6.07) is -0.107. The van der Waals surface area contributed by atoms with Gasteiger partial charge in [0.2, 0.25) is 0 Å². The lowest BCUT2D eigenvalue weighted by molar-refractivity contribution is -0.142. The van der Waals surface area contributed by atoms with E-state index in [1.807, 2.05) is 46.4 Å². The van der Waals surface area contributed by atoms with Crippen LogP contribution in [0.2, 0.25) is 0 Å². The molecule has 2 rings (SSSR count). The van der Waals surface area contributed by atoms with E-state index in [-0.39, 0.29) is 24.1 Å². The van der Waals surface area contributed by atoms with Gasteiger partial charge in [-0.15, -0.1) is 0 Å². The van der Waals surface area contributed by atoms with Gasteiger partial charge in [0.25, 0.3) is 5.91 Å². The van der Waals surface area contributed by atoms with Crippen molar-refractivity contribution < 1.29 is 19.1 Å². The van der Waals surface area contributed by atoms with Crippen LogP contribution in [0.1, 0.15) is 41.5 Å². The van der Waals surface area contributed by atoms with Gasteiger partial charge in [0.05, 0.1) is 6.61 Å². The van der Waals surface area contributed by atoms with Crippen molar-refractivity contribution in [1.29, 1.82) is 0 Å². The molecule has 0 radical (unpaired) electrons. The Morgan fingerprint density at radius 2 is 1.62 bits per heavy atom. The van der Waals surface area contributed by atoms with Gasteiger partial charge in [-0.2, -0.15) is 0 Å². The third-order valence-corrected chi connectivity index (χ3v) is 3.90. The molecule has 0 N–H and O–H groups in total. The zero-order valence-electron chi connectivity index (χ0n) is 13.8.